The molecule has 21 heavy (non-hydrogen) atoms. The van der Waals surface area contributed by atoms with Crippen LogP contribution in [0.4, 0.5) is 5.69 Å². The number of nitrogens with zero attached hydrogens (tertiary/aromatic N) is 1. The van der Waals surface area contributed by atoms with Gasteiger partial charge in [-0.3, -0.25) is 4.79 Å². The summed E-state index contributed by atoms with van der Waals surface area (Å²) in [6.45, 7) is 0. The zero-order valence-corrected chi connectivity index (χ0v) is 12.3. The quantitative estimate of drug-likeness (QED) is 0.690. The average Bonchev–Trinajstić information content (AvgIpc) is 2.47. The number of aromatic nitrogens is 1. The third-order valence-corrected chi connectivity index (χ3v) is 3.53. The Labute approximate surface area is 131 Å². The summed E-state index contributed by atoms with van der Waals surface area (Å²) in [5, 5.41) is 5.30. The van der Waals surface area contributed by atoms with E-state index < -0.39 is 0 Å². The van der Waals surface area contributed by atoms with E-state index in [-0.39, 0.29) is 11.6 Å². The van der Waals surface area contributed by atoms with E-state index in [2.05, 4.69) is 10.3 Å². The van der Waals surface area contributed by atoms with Crippen LogP contribution in [-0.4, -0.2) is 10.9 Å². The normalized spacial score (nSPS) is 10.6. The van der Waals surface area contributed by atoms with E-state index in [1.165, 1.54) is 0 Å². The van der Waals surface area contributed by atoms with Gasteiger partial charge in [0.2, 0.25) is 0 Å². The van der Waals surface area contributed by atoms with E-state index in [0.29, 0.717) is 15.9 Å². The highest BCUT2D eigenvalue weighted by Crippen LogP contribution is 2.23. The second kappa shape index (κ2) is 5.72. The summed E-state index contributed by atoms with van der Waals surface area (Å²) in [7, 11) is 0. The van der Waals surface area contributed by atoms with Gasteiger partial charge in [0.1, 0.15) is 10.8 Å². The number of amides is 1. The lowest BCUT2D eigenvalue weighted by molar-refractivity contribution is 0.102. The van der Waals surface area contributed by atoms with E-state index in [1.807, 2.05) is 24.3 Å². The molecule has 0 bridgehead atoms. The lowest BCUT2D eigenvalue weighted by atomic mass is 10.1. The van der Waals surface area contributed by atoms with Gasteiger partial charge in [-0.2, -0.15) is 0 Å². The molecule has 0 spiro atoms. The van der Waals surface area contributed by atoms with E-state index >= 15 is 0 Å². The van der Waals surface area contributed by atoms with Gasteiger partial charge in [-0.25, -0.2) is 4.98 Å². The lowest BCUT2D eigenvalue weighted by Crippen LogP contribution is -2.13. The summed E-state index contributed by atoms with van der Waals surface area (Å²) < 4.78 is 0. The SMILES string of the molecule is O=C(Nc1cccc(Cl)c1)c1cc2ccccc2c(Cl)n1. The molecule has 0 saturated heterocycles. The number of pyridine rings is 1. The Bertz CT molecular complexity index is 833. The van der Waals surface area contributed by atoms with Gasteiger partial charge in [-0.1, -0.05) is 53.5 Å². The van der Waals surface area contributed by atoms with Crippen molar-refractivity contribution in [1.82, 2.24) is 4.98 Å². The number of carbonyl (C=O) groups excluding carboxylic acids is 1. The molecule has 104 valence electrons. The summed E-state index contributed by atoms with van der Waals surface area (Å²) in [5.74, 6) is -0.329. The highest BCUT2D eigenvalue weighted by atomic mass is 35.5. The topological polar surface area (TPSA) is 42.0 Å². The Morgan fingerprint density at radius 3 is 2.62 bits per heavy atom. The van der Waals surface area contributed by atoms with Crippen molar-refractivity contribution in [3.8, 4) is 0 Å². The van der Waals surface area contributed by atoms with E-state index in [9.17, 15) is 4.79 Å². The zero-order chi connectivity index (χ0) is 14.8. The van der Waals surface area contributed by atoms with Crippen molar-refractivity contribution in [2.45, 2.75) is 0 Å². The zero-order valence-electron chi connectivity index (χ0n) is 10.8. The number of rotatable bonds is 2. The second-order valence-electron chi connectivity index (χ2n) is 4.48. The van der Waals surface area contributed by atoms with Crippen LogP contribution in [0.15, 0.2) is 54.6 Å². The van der Waals surface area contributed by atoms with Crippen LogP contribution in [0.2, 0.25) is 10.2 Å². The van der Waals surface area contributed by atoms with Gasteiger partial charge in [0.05, 0.1) is 0 Å². The Kier molecular flexibility index (Phi) is 3.78. The van der Waals surface area contributed by atoms with Gasteiger partial charge in [-0.15, -0.1) is 0 Å². The van der Waals surface area contributed by atoms with Gasteiger partial charge < -0.3 is 5.32 Å². The van der Waals surface area contributed by atoms with Crippen LogP contribution < -0.4 is 5.32 Å². The fourth-order valence-electron chi connectivity index (χ4n) is 2.03. The molecule has 3 aromatic rings. The summed E-state index contributed by atoms with van der Waals surface area (Å²) >= 11 is 12.0. The molecule has 1 amide bonds. The van der Waals surface area contributed by atoms with Crippen LogP contribution >= 0.6 is 23.2 Å². The molecule has 0 aliphatic carbocycles. The first-order valence-corrected chi connectivity index (χ1v) is 7.01. The minimum Gasteiger partial charge on any atom is -0.321 e. The lowest BCUT2D eigenvalue weighted by Gasteiger charge is -2.07. The average molecular weight is 317 g/mol. The molecule has 0 atom stereocenters. The minimum absolute atomic E-state index is 0.263. The van der Waals surface area contributed by atoms with Crippen LogP contribution in [0.1, 0.15) is 10.5 Å². The number of hydrogen-bond donors (Lipinski definition) is 1. The molecule has 0 aliphatic rings. The van der Waals surface area contributed by atoms with Crippen LogP contribution in [0.3, 0.4) is 0 Å². The molecular weight excluding hydrogens is 307 g/mol. The van der Waals surface area contributed by atoms with Gasteiger partial charge in [0, 0.05) is 16.1 Å². The van der Waals surface area contributed by atoms with Crippen LogP contribution in [-0.2, 0) is 0 Å². The smallest absolute Gasteiger partial charge is 0.274 e. The molecule has 2 aromatic carbocycles. The van der Waals surface area contributed by atoms with Gasteiger partial charge in [0.15, 0.2) is 0 Å². The third-order valence-electron chi connectivity index (χ3n) is 3.01. The fraction of sp³-hybridized carbons (Fsp3) is 0. The first-order valence-electron chi connectivity index (χ1n) is 6.26. The van der Waals surface area contributed by atoms with Gasteiger partial charge in [-0.05, 0) is 29.7 Å². The van der Waals surface area contributed by atoms with Crippen molar-refractivity contribution in [1.29, 1.82) is 0 Å². The number of nitrogens with one attached hydrogen (secondary N) is 1. The van der Waals surface area contributed by atoms with Crippen molar-refractivity contribution < 1.29 is 4.79 Å². The van der Waals surface area contributed by atoms with Gasteiger partial charge in [0.25, 0.3) is 5.91 Å². The standard InChI is InChI=1S/C16H10Cl2N2O/c17-11-5-3-6-12(9-11)19-16(21)14-8-10-4-1-2-7-13(10)15(18)20-14/h1-9H,(H,19,21). The molecule has 0 fully saturated rings. The second-order valence-corrected chi connectivity index (χ2v) is 5.28. The highest BCUT2D eigenvalue weighted by molar-refractivity contribution is 6.34. The third kappa shape index (κ3) is 2.99. The minimum atomic E-state index is -0.329. The van der Waals surface area contributed by atoms with Gasteiger partial charge >= 0.3 is 0 Å². The summed E-state index contributed by atoms with van der Waals surface area (Å²) in [5.41, 5.74) is 0.872. The fourth-order valence-corrected chi connectivity index (χ4v) is 2.49. The Morgan fingerprint density at radius 1 is 1.00 bits per heavy atom. The number of fused-ring (bicyclic) bond motifs is 1. The van der Waals surface area contributed by atoms with Crippen LogP contribution in [0.5, 0.6) is 0 Å². The molecule has 1 N–H and O–H groups in total. The van der Waals surface area contributed by atoms with E-state index in [4.69, 9.17) is 23.2 Å². The maximum Gasteiger partial charge on any atom is 0.274 e. The number of carbonyl (C=O) groups is 1. The highest BCUT2D eigenvalue weighted by Gasteiger charge is 2.11. The molecule has 0 saturated carbocycles. The first kappa shape index (κ1) is 13.9. The first-order chi connectivity index (χ1) is 10.1. The molecule has 1 aromatic heterocycles. The molecule has 3 rings (SSSR count). The number of halogens is 2. The molecule has 0 aliphatic heterocycles. The number of benzene rings is 2. The monoisotopic (exact) mass is 316 g/mol. The molecule has 0 unspecified atom stereocenters. The van der Waals surface area contributed by atoms with Crippen molar-refractivity contribution in [2.24, 2.45) is 0 Å². The summed E-state index contributed by atoms with van der Waals surface area (Å²) in [4.78, 5) is 16.4. The van der Waals surface area contributed by atoms with E-state index in [0.717, 1.165) is 10.8 Å². The van der Waals surface area contributed by atoms with E-state index in [1.54, 1.807) is 30.3 Å². The van der Waals surface area contributed by atoms with Crippen molar-refractivity contribution >= 4 is 45.6 Å². The maximum absolute atomic E-state index is 12.2. The molecule has 0 radical (unpaired) electrons. The molecule has 1 heterocycles. The predicted molar refractivity (Wildman–Crippen MR) is 86.2 cm³/mol. The summed E-state index contributed by atoms with van der Waals surface area (Å²) in [6.07, 6.45) is 0. The molecule has 3 nitrogen and oxygen atoms in total. The number of hydrogen-bond acceptors (Lipinski definition) is 2. The van der Waals surface area contributed by atoms with Crippen molar-refractivity contribution in [3.05, 3.63) is 70.5 Å². The predicted octanol–water partition coefficient (Wildman–Crippen LogP) is 4.79. The molecule has 5 heteroatoms. The van der Waals surface area contributed by atoms with Crippen LogP contribution in [0.25, 0.3) is 10.8 Å². The number of anilines is 1. The summed E-state index contributed by atoms with van der Waals surface area (Å²) in [6, 6.07) is 16.2. The largest absolute Gasteiger partial charge is 0.321 e. The van der Waals surface area contributed by atoms with Crippen molar-refractivity contribution in [3.63, 3.8) is 0 Å². The van der Waals surface area contributed by atoms with Crippen molar-refractivity contribution in [2.75, 3.05) is 5.32 Å². The Balaban J connectivity index is 1.94. The van der Waals surface area contributed by atoms with Crippen LogP contribution in [0, 0.1) is 0 Å². The Hall–Kier alpha value is -2.10. The maximum atomic E-state index is 12.2. The molecular formula is C16H10Cl2N2O. The Morgan fingerprint density at radius 2 is 1.81 bits per heavy atom.